The zero-order valence-corrected chi connectivity index (χ0v) is 12.9. The number of piperidine rings is 1. The van der Waals surface area contributed by atoms with Gasteiger partial charge >= 0.3 is 0 Å². The van der Waals surface area contributed by atoms with Gasteiger partial charge in [0.15, 0.2) is 5.15 Å². The van der Waals surface area contributed by atoms with E-state index in [4.69, 9.17) is 11.6 Å². The van der Waals surface area contributed by atoms with Crippen LogP contribution < -0.4 is 10.6 Å². The Kier molecular flexibility index (Phi) is 5.60. The van der Waals surface area contributed by atoms with Crippen molar-refractivity contribution < 1.29 is 4.79 Å². The summed E-state index contributed by atoms with van der Waals surface area (Å²) in [6, 6.07) is 1.76. The summed E-state index contributed by atoms with van der Waals surface area (Å²) in [6.45, 7) is 2.13. The van der Waals surface area contributed by atoms with Gasteiger partial charge in [0.05, 0.1) is 5.69 Å². The summed E-state index contributed by atoms with van der Waals surface area (Å²) in [6.07, 6.45) is 5.39. The molecule has 2 heterocycles. The monoisotopic (exact) mass is 345 g/mol. The number of hydrogen-bond acceptors (Lipinski definition) is 3. The predicted octanol–water partition coefficient (Wildman–Crippen LogP) is 3.22. The molecule has 0 atom stereocenters. The first-order valence-corrected chi connectivity index (χ1v) is 7.64. The molecule has 1 fully saturated rings. The third-order valence-electron chi connectivity index (χ3n) is 3.32. The van der Waals surface area contributed by atoms with Crippen molar-refractivity contribution >= 4 is 39.1 Å². The summed E-state index contributed by atoms with van der Waals surface area (Å²) < 4.78 is 0.797. The molecule has 2 N–H and O–H groups in total. The Labute approximate surface area is 126 Å². The minimum Gasteiger partial charge on any atom is -0.323 e. The molecule has 1 aromatic rings. The maximum Gasteiger partial charge on any atom is 0.224 e. The molecule has 4 nitrogen and oxygen atoms in total. The van der Waals surface area contributed by atoms with Crippen LogP contribution in [0.5, 0.6) is 0 Å². The van der Waals surface area contributed by atoms with E-state index in [1.54, 1.807) is 12.3 Å². The number of carbonyl (C=O) groups excluding carboxylic acids is 1. The highest BCUT2D eigenvalue weighted by Crippen LogP contribution is 2.24. The van der Waals surface area contributed by atoms with E-state index >= 15 is 0 Å². The quantitative estimate of drug-likeness (QED) is 0.823. The molecule has 1 amide bonds. The van der Waals surface area contributed by atoms with Crippen LogP contribution >= 0.6 is 27.5 Å². The highest BCUT2D eigenvalue weighted by atomic mass is 79.9. The lowest BCUT2D eigenvalue weighted by atomic mass is 9.93. The zero-order chi connectivity index (χ0) is 13.7. The number of hydrogen-bond donors (Lipinski definition) is 2. The van der Waals surface area contributed by atoms with Crippen LogP contribution in [0.3, 0.4) is 0 Å². The van der Waals surface area contributed by atoms with Gasteiger partial charge in [-0.05, 0) is 60.3 Å². The molecule has 1 aliphatic rings. The smallest absolute Gasteiger partial charge is 0.224 e. The second kappa shape index (κ2) is 7.22. The van der Waals surface area contributed by atoms with Gasteiger partial charge in [0, 0.05) is 17.1 Å². The summed E-state index contributed by atoms with van der Waals surface area (Å²) >= 11 is 9.24. The van der Waals surface area contributed by atoms with Crippen molar-refractivity contribution in [1.29, 1.82) is 0 Å². The van der Waals surface area contributed by atoms with Gasteiger partial charge in [0.25, 0.3) is 0 Å². The van der Waals surface area contributed by atoms with Crippen LogP contribution in [0.4, 0.5) is 5.69 Å². The molecule has 0 aromatic carbocycles. The molecule has 0 spiro atoms. The largest absolute Gasteiger partial charge is 0.323 e. The van der Waals surface area contributed by atoms with Crippen molar-refractivity contribution in [2.24, 2.45) is 5.92 Å². The maximum atomic E-state index is 11.9. The molecule has 1 aromatic heterocycles. The highest BCUT2D eigenvalue weighted by Gasteiger charge is 2.15. The number of pyridine rings is 1. The molecule has 104 valence electrons. The Morgan fingerprint density at radius 2 is 2.26 bits per heavy atom. The average Bonchev–Trinajstić information content (AvgIpc) is 2.42. The average molecular weight is 347 g/mol. The number of carbonyl (C=O) groups is 1. The molecular weight excluding hydrogens is 330 g/mol. The van der Waals surface area contributed by atoms with Gasteiger partial charge in [-0.2, -0.15) is 0 Å². The van der Waals surface area contributed by atoms with Crippen molar-refractivity contribution in [3.8, 4) is 0 Å². The molecule has 0 saturated carbocycles. The molecule has 1 aliphatic heterocycles. The molecule has 2 rings (SSSR count). The fourth-order valence-corrected chi connectivity index (χ4v) is 2.71. The number of nitrogens with one attached hydrogen (secondary N) is 2. The van der Waals surface area contributed by atoms with Crippen LogP contribution in [0, 0.1) is 5.92 Å². The van der Waals surface area contributed by atoms with Crippen LogP contribution in [0.25, 0.3) is 0 Å². The fraction of sp³-hybridized carbons (Fsp3) is 0.538. The van der Waals surface area contributed by atoms with E-state index in [0.29, 0.717) is 23.2 Å². The fourth-order valence-electron chi connectivity index (χ4n) is 2.23. The summed E-state index contributed by atoms with van der Waals surface area (Å²) in [4.78, 5) is 15.9. The lowest BCUT2D eigenvalue weighted by Gasteiger charge is -2.22. The Balaban J connectivity index is 1.81. The van der Waals surface area contributed by atoms with Crippen LogP contribution in [0.2, 0.25) is 5.15 Å². The van der Waals surface area contributed by atoms with Gasteiger partial charge < -0.3 is 10.6 Å². The summed E-state index contributed by atoms with van der Waals surface area (Å²) in [7, 11) is 0. The third kappa shape index (κ3) is 4.75. The van der Waals surface area contributed by atoms with Crippen LogP contribution in [-0.2, 0) is 4.79 Å². The normalized spacial score (nSPS) is 16.3. The van der Waals surface area contributed by atoms with Gasteiger partial charge in [0.1, 0.15) is 0 Å². The standard InChI is InChI=1S/C13H17BrClN3O/c14-10-7-11(13(15)17-8-10)18-12(19)2-1-9-3-5-16-6-4-9/h7-9,16H,1-6H2,(H,18,19). The number of rotatable bonds is 4. The van der Waals surface area contributed by atoms with E-state index in [0.717, 1.165) is 36.8 Å². The van der Waals surface area contributed by atoms with Gasteiger partial charge in [0.2, 0.25) is 5.91 Å². The Morgan fingerprint density at radius 3 is 3.00 bits per heavy atom. The van der Waals surface area contributed by atoms with E-state index in [1.807, 2.05) is 0 Å². The van der Waals surface area contributed by atoms with E-state index in [9.17, 15) is 4.79 Å². The summed E-state index contributed by atoms with van der Waals surface area (Å²) in [5.74, 6) is 0.656. The third-order valence-corrected chi connectivity index (χ3v) is 4.05. The first kappa shape index (κ1) is 14.8. The molecule has 19 heavy (non-hydrogen) atoms. The molecule has 0 unspecified atom stereocenters. The molecule has 0 radical (unpaired) electrons. The van der Waals surface area contributed by atoms with Gasteiger partial charge in [-0.3, -0.25) is 4.79 Å². The number of anilines is 1. The van der Waals surface area contributed by atoms with Crippen molar-refractivity contribution in [3.63, 3.8) is 0 Å². The van der Waals surface area contributed by atoms with Crippen molar-refractivity contribution in [3.05, 3.63) is 21.9 Å². The Bertz CT molecular complexity index is 450. The van der Waals surface area contributed by atoms with E-state index in [-0.39, 0.29) is 5.91 Å². The topological polar surface area (TPSA) is 54.0 Å². The lowest BCUT2D eigenvalue weighted by Crippen LogP contribution is -2.28. The number of aromatic nitrogens is 1. The number of halogens is 2. The van der Waals surface area contributed by atoms with Gasteiger partial charge in [-0.1, -0.05) is 11.6 Å². The van der Waals surface area contributed by atoms with Gasteiger partial charge in [-0.15, -0.1) is 0 Å². The van der Waals surface area contributed by atoms with E-state index in [1.165, 1.54) is 0 Å². The Morgan fingerprint density at radius 1 is 1.53 bits per heavy atom. The minimum atomic E-state index is 0.000308. The second-order valence-electron chi connectivity index (χ2n) is 4.77. The van der Waals surface area contributed by atoms with Crippen LogP contribution in [-0.4, -0.2) is 24.0 Å². The van der Waals surface area contributed by atoms with E-state index < -0.39 is 0 Å². The van der Waals surface area contributed by atoms with Crippen molar-refractivity contribution in [2.75, 3.05) is 18.4 Å². The van der Waals surface area contributed by atoms with Crippen LogP contribution in [0.1, 0.15) is 25.7 Å². The number of amides is 1. The summed E-state index contributed by atoms with van der Waals surface area (Å²) in [5.41, 5.74) is 0.561. The number of nitrogens with zero attached hydrogens (tertiary/aromatic N) is 1. The summed E-state index contributed by atoms with van der Waals surface area (Å²) in [5, 5.41) is 6.45. The first-order chi connectivity index (χ1) is 9.15. The molecule has 0 aliphatic carbocycles. The van der Waals surface area contributed by atoms with Gasteiger partial charge in [-0.25, -0.2) is 4.98 Å². The lowest BCUT2D eigenvalue weighted by molar-refractivity contribution is -0.116. The zero-order valence-electron chi connectivity index (χ0n) is 10.6. The maximum absolute atomic E-state index is 11.9. The molecule has 6 heteroatoms. The minimum absolute atomic E-state index is 0.000308. The SMILES string of the molecule is O=C(CCC1CCNCC1)Nc1cc(Br)cnc1Cl. The molecular formula is C13H17BrClN3O. The molecule has 1 saturated heterocycles. The first-order valence-electron chi connectivity index (χ1n) is 6.47. The highest BCUT2D eigenvalue weighted by molar-refractivity contribution is 9.10. The Hall–Kier alpha value is -0.650. The predicted molar refractivity (Wildman–Crippen MR) is 80.4 cm³/mol. The van der Waals surface area contributed by atoms with E-state index in [2.05, 4.69) is 31.5 Å². The van der Waals surface area contributed by atoms with Crippen molar-refractivity contribution in [2.45, 2.75) is 25.7 Å². The second-order valence-corrected chi connectivity index (χ2v) is 6.05. The molecule has 0 bridgehead atoms. The van der Waals surface area contributed by atoms with Crippen molar-refractivity contribution in [1.82, 2.24) is 10.3 Å². The van der Waals surface area contributed by atoms with Crippen LogP contribution in [0.15, 0.2) is 16.7 Å².